The van der Waals surface area contributed by atoms with Gasteiger partial charge in [-0.05, 0) is 51.4 Å². The lowest BCUT2D eigenvalue weighted by molar-refractivity contribution is -0.889. The van der Waals surface area contributed by atoms with Crippen molar-refractivity contribution in [3.8, 4) is 0 Å². The molecule has 348 valence electrons. The number of rotatable bonds is 44. The molecule has 0 aliphatic carbocycles. The molecule has 0 aromatic rings. The summed E-state index contributed by atoms with van der Waals surface area (Å²) in [6, 6.07) is -0.735. The molecule has 0 saturated heterocycles. The largest absolute Gasteiger partial charge is 0.544 e. The molecule has 0 aromatic carbocycles. The molecule has 8 nitrogen and oxygen atoms in total. The Labute approximate surface area is 369 Å². The van der Waals surface area contributed by atoms with Crippen LogP contribution in [-0.2, 0) is 28.6 Å². The Morgan fingerprint density at radius 1 is 0.500 bits per heavy atom. The summed E-state index contributed by atoms with van der Waals surface area (Å²) in [5, 5.41) is 11.6. The average Bonchev–Trinajstić information content (AvgIpc) is 3.21. The second-order valence-electron chi connectivity index (χ2n) is 17.7. The van der Waals surface area contributed by atoms with Crippen molar-refractivity contribution in [2.75, 3.05) is 41.0 Å². The topological polar surface area (TPSA) is 102 Å². The number of esters is 2. The summed E-state index contributed by atoms with van der Waals surface area (Å²) in [6.45, 7) is 4.60. The Kier molecular flexibility index (Phi) is 41.0. The van der Waals surface area contributed by atoms with Gasteiger partial charge in [-0.3, -0.25) is 9.59 Å². The fourth-order valence-corrected chi connectivity index (χ4v) is 7.12. The maximum Gasteiger partial charge on any atom is 0.306 e. The maximum absolute atomic E-state index is 12.7. The van der Waals surface area contributed by atoms with Crippen LogP contribution in [0.5, 0.6) is 0 Å². The molecule has 0 amide bonds. The van der Waals surface area contributed by atoms with E-state index in [-0.39, 0.29) is 49.1 Å². The molecule has 0 aliphatic heterocycles. The Hall–Kier alpha value is -2.71. The number of ether oxygens (including phenoxy) is 3. The highest BCUT2D eigenvalue weighted by Gasteiger charge is 2.25. The molecule has 0 bridgehead atoms. The molecule has 0 radical (unpaired) electrons. The molecule has 0 heterocycles. The zero-order valence-electron chi connectivity index (χ0n) is 39.6. The smallest absolute Gasteiger partial charge is 0.306 e. The molecule has 0 fully saturated rings. The number of carbonyl (C=O) groups excluding carboxylic acids is 3. The third-order valence-electron chi connectivity index (χ3n) is 11.0. The molecular weight excluding hydrogens is 751 g/mol. The zero-order chi connectivity index (χ0) is 44.2. The number of carbonyl (C=O) groups is 3. The first-order valence-electron chi connectivity index (χ1n) is 24.7. The van der Waals surface area contributed by atoms with Crippen LogP contribution in [0.3, 0.4) is 0 Å². The lowest BCUT2D eigenvalue weighted by Gasteiger charge is -2.34. The van der Waals surface area contributed by atoms with Crippen molar-refractivity contribution < 1.29 is 38.2 Å². The number of quaternary nitrogens is 1. The lowest BCUT2D eigenvalue weighted by atomic mass is 10.0. The van der Waals surface area contributed by atoms with Crippen LogP contribution in [-0.4, -0.2) is 75.5 Å². The summed E-state index contributed by atoms with van der Waals surface area (Å²) in [4.78, 5) is 36.9. The van der Waals surface area contributed by atoms with E-state index in [0.717, 1.165) is 44.9 Å². The fourth-order valence-electron chi connectivity index (χ4n) is 7.12. The number of carboxylic acid groups (broad SMARTS) is 1. The first kappa shape index (κ1) is 57.3. The van der Waals surface area contributed by atoms with Crippen LogP contribution in [0, 0.1) is 0 Å². The van der Waals surface area contributed by atoms with E-state index in [1.165, 1.54) is 128 Å². The van der Waals surface area contributed by atoms with Gasteiger partial charge in [0.05, 0.1) is 40.3 Å². The van der Waals surface area contributed by atoms with E-state index in [1.807, 2.05) is 0 Å². The van der Waals surface area contributed by atoms with E-state index in [1.54, 1.807) is 21.1 Å². The van der Waals surface area contributed by atoms with Gasteiger partial charge in [0.2, 0.25) is 0 Å². The van der Waals surface area contributed by atoms with E-state index >= 15 is 0 Å². The van der Waals surface area contributed by atoms with Crippen molar-refractivity contribution in [1.82, 2.24) is 0 Å². The Balaban J connectivity index is 4.33. The molecule has 2 atom stereocenters. The fraction of sp³-hybridized carbons (Fsp3) is 0.788. The molecule has 0 saturated carbocycles. The summed E-state index contributed by atoms with van der Waals surface area (Å²) in [6.07, 6.45) is 51.5. The van der Waals surface area contributed by atoms with Gasteiger partial charge < -0.3 is 28.6 Å². The van der Waals surface area contributed by atoms with Gasteiger partial charge in [-0.15, -0.1) is 0 Å². The van der Waals surface area contributed by atoms with Crippen LogP contribution in [0.25, 0.3) is 0 Å². The first-order valence-corrected chi connectivity index (χ1v) is 24.7. The van der Waals surface area contributed by atoms with E-state index in [2.05, 4.69) is 62.5 Å². The third-order valence-corrected chi connectivity index (χ3v) is 11.0. The van der Waals surface area contributed by atoms with Crippen molar-refractivity contribution in [3.05, 3.63) is 48.6 Å². The summed E-state index contributed by atoms with van der Waals surface area (Å²) >= 11 is 0. The lowest BCUT2D eigenvalue weighted by Crippen LogP contribution is -2.55. The molecule has 2 unspecified atom stereocenters. The summed E-state index contributed by atoms with van der Waals surface area (Å²) in [7, 11) is 5.39. The van der Waals surface area contributed by atoms with Crippen molar-refractivity contribution in [2.24, 2.45) is 0 Å². The maximum atomic E-state index is 12.7. The normalized spacial score (nSPS) is 13.3. The molecular formula is C52H93NO7. The van der Waals surface area contributed by atoms with Gasteiger partial charge in [-0.1, -0.05) is 191 Å². The van der Waals surface area contributed by atoms with Crippen LogP contribution in [0.4, 0.5) is 0 Å². The molecule has 0 aromatic heterocycles. The monoisotopic (exact) mass is 844 g/mol. The molecule has 0 rings (SSSR count). The number of aliphatic carboxylic acids is 1. The highest BCUT2D eigenvalue weighted by atomic mass is 16.6. The van der Waals surface area contributed by atoms with E-state index < -0.39 is 18.1 Å². The van der Waals surface area contributed by atoms with Crippen LogP contribution in [0.15, 0.2) is 48.6 Å². The van der Waals surface area contributed by atoms with Crippen molar-refractivity contribution >= 4 is 17.9 Å². The third kappa shape index (κ3) is 40.7. The van der Waals surface area contributed by atoms with Crippen LogP contribution < -0.4 is 5.11 Å². The minimum Gasteiger partial charge on any atom is -0.544 e. The number of hydrogen-bond donors (Lipinski definition) is 0. The van der Waals surface area contributed by atoms with Gasteiger partial charge in [0, 0.05) is 19.3 Å². The quantitative estimate of drug-likeness (QED) is 0.0260. The van der Waals surface area contributed by atoms with Crippen molar-refractivity contribution in [1.29, 1.82) is 0 Å². The zero-order valence-corrected chi connectivity index (χ0v) is 39.6. The van der Waals surface area contributed by atoms with Gasteiger partial charge >= 0.3 is 11.9 Å². The molecule has 0 aliphatic rings. The number of nitrogens with zero attached hydrogens (tertiary/aromatic N) is 1. The Morgan fingerprint density at radius 3 is 1.35 bits per heavy atom. The predicted molar refractivity (Wildman–Crippen MR) is 250 cm³/mol. The standard InChI is InChI=1S/C52H93NO7/c1-6-8-10-12-14-16-18-20-22-24-25-27-28-30-32-34-36-38-40-42-50(54)59-47-48(46-58-45-44-49(52(56)57)53(3,4)5)60-51(55)43-41-39-37-35-33-31-29-26-23-21-19-17-15-13-11-9-7-2/h15,17,21,23,29,31,35,37,48-49H,6-14,16,18-20,22,24-28,30,32-34,36,38-47H2,1-5H3/b17-15+,23-21+,31-29+,37-35+. The summed E-state index contributed by atoms with van der Waals surface area (Å²) in [5.74, 6) is -1.80. The van der Waals surface area contributed by atoms with Gasteiger partial charge in [0.1, 0.15) is 12.6 Å². The minimum absolute atomic E-state index is 0.0202. The van der Waals surface area contributed by atoms with Crippen LogP contribution in [0.2, 0.25) is 0 Å². The summed E-state index contributed by atoms with van der Waals surface area (Å²) < 4.78 is 17.2. The summed E-state index contributed by atoms with van der Waals surface area (Å²) in [5.41, 5.74) is 0. The average molecular weight is 844 g/mol. The highest BCUT2D eigenvalue weighted by molar-refractivity contribution is 5.70. The molecule has 0 N–H and O–H groups in total. The van der Waals surface area contributed by atoms with Crippen molar-refractivity contribution in [2.45, 2.75) is 225 Å². The van der Waals surface area contributed by atoms with E-state index in [9.17, 15) is 19.5 Å². The van der Waals surface area contributed by atoms with Gasteiger partial charge in [0.25, 0.3) is 0 Å². The van der Waals surface area contributed by atoms with E-state index in [0.29, 0.717) is 12.8 Å². The van der Waals surface area contributed by atoms with Crippen molar-refractivity contribution in [3.63, 3.8) is 0 Å². The molecule has 60 heavy (non-hydrogen) atoms. The van der Waals surface area contributed by atoms with E-state index in [4.69, 9.17) is 14.2 Å². The minimum atomic E-state index is -1.13. The second kappa shape index (κ2) is 43.0. The van der Waals surface area contributed by atoms with Gasteiger partial charge in [-0.2, -0.15) is 0 Å². The number of likely N-dealkylation sites (N-methyl/N-ethyl adjacent to an activating group) is 1. The SMILES string of the molecule is CCCCC/C=C/C/C=C/C/C=C/C/C=C/CCCC(=O)OC(COCCC(C(=O)[O-])[N+](C)(C)C)COC(=O)CCCCCCCCCCCCCCCCCCCCC. The number of allylic oxidation sites excluding steroid dienone is 8. The number of unbranched alkanes of at least 4 members (excludes halogenated alkanes) is 22. The predicted octanol–water partition coefficient (Wildman–Crippen LogP) is 12.6. The first-order chi connectivity index (χ1) is 29.1. The number of carboxylic acids is 1. The highest BCUT2D eigenvalue weighted by Crippen LogP contribution is 2.16. The Bertz CT molecular complexity index is 1120. The van der Waals surface area contributed by atoms with Gasteiger partial charge in [0.15, 0.2) is 6.10 Å². The Morgan fingerprint density at radius 2 is 0.900 bits per heavy atom. The van der Waals surface area contributed by atoms with Gasteiger partial charge in [-0.25, -0.2) is 0 Å². The van der Waals surface area contributed by atoms with Crippen LogP contribution in [0.1, 0.15) is 213 Å². The molecule has 8 heteroatoms. The molecule has 0 spiro atoms. The van der Waals surface area contributed by atoms with Crippen LogP contribution >= 0.6 is 0 Å². The number of hydrogen-bond acceptors (Lipinski definition) is 7. The second-order valence-corrected chi connectivity index (χ2v) is 17.7.